The van der Waals surface area contributed by atoms with Crippen molar-refractivity contribution in [2.75, 3.05) is 13.2 Å². The van der Waals surface area contributed by atoms with Crippen LogP contribution in [-0.4, -0.2) is 24.2 Å². The van der Waals surface area contributed by atoms with Gasteiger partial charge in [0.1, 0.15) is 5.75 Å². The summed E-state index contributed by atoms with van der Waals surface area (Å²) in [6, 6.07) is 2.67. The van der Waals surface area contributed by atoms with E-state index in [1.807, 2.05) is 0 Å². The molecule has 1 aromatic rings. The summed E-state index contributed by atoms with van der Waals surface area (Å²) in [6.45, 7) is 0.389. The standard InChI is InChI=1S/C9H10Cl2N2O3/c10-5-3-6(8(14)7(11)4-5)9(15)13-1-2-16-12/h3-4,14H,1-2,12H2,(H,13,15). The fourth-order valence-corrected chi connectivity index (χ4v) is 1.55. The third-order valence-electron chi connectivity index (χ3n) is 1.78. The Morgan fingerprint density at radius 1 is 1.50 bits per heavy atom. The summed E-state index contributed by atoms with van der Waals surface area (Å²) in [5.41, 5.74) is 0.00882. The van der Waals surface area contributed by atoms with Gasteiger partial charge in [-0.05, 0) is 12.1 Å². The van der Waals surface area contributed by atoms with Crippen LogP contribution in [0.3, 0.4) is 0 Å². The van der Waals surface area contributed by atoms with E-state index in [-0.39, 0.29) is 34.5 Å². The minimum absolute atomic E-state index is 0.00882. The summed E-state index contributed by atoms with van der Waals surface area (Å²) >= 11 is 11.4. The maximum absolute atomic E-state index is 11.6. The summed E-state index contributed by atoms with van der Waals surface area (Å²) in [4.78, 5) is 15.8. The van der Waals surface area contributed by atoms with Gasteiger partial charge in [0.25, 0.3) is 5.91 Å². The van der Waals surface area contributed by atoms with Gasteiger partial charge < -0.3 is 15.3 Å². The number of hydrogen-bond donors (Lipinski definition) is 3. The Morgan fingerprint density at radius 3 is 2.81 bits per heavy atom. The number of benzene rings is 1. The molecule has 0 radical (unpaired) electrons. The van der Waals surface area contributed by atoms with Crippen molar-refractivity contribution in [2.24, 2.45) is 5.90 Å². The van der Waals surface area contributed by atoms with Gasteiger partial charge in [-0.2, -0.15) is 0 Å². The zero-order chi connectivity index (χ0) is 12.1. The van der Waals surface area contributed by atoms with Gasteiger partial charge >= 0.3 is 0 Å². The SMILES string of the molecule is NOCCNC(=O)c1cc(Cl)cc(Cl)c1O. The molecular formula is C9H10Cl2N2O3. The van der Waals surface area contributed by atoms with Crippen LogP contribution in [0, 0.1) is 0 Å². The molecule has 0 aliphatic rings. The lowest BCUT2D eigenvalue weighted by atomic mass is 10.2. The molecule has 0 unspecified atom stereocenters. The Hall–Kier alpha value is -1.01. The number of hydrogen-bond acceptors (Lipinski definition) is 4. The van der Waals surface area contributed by atoms with E-state index in [1.165, 1.54) is 12.1 Å². The van der Waals surface area contributed by atoms with Crippen molar-refractivity contribution in [1.82, 2.24) is 5.32 Å². The molecule has 0 aromatic heterocycles. The number of carbonyl (C=O) groups excluding carboxylic acids is 1. The predicted molar refractivity (Wildman–Crippen MR) is 60.6 cm³/mol. The molecule has 4 N–H and O–H groups in total. The fourth-order valence-electron chi connectivity index (χ4n) is 1.06. The molecular weight excluding hydrogens is 255 g/mol. The Labute approximate surface area is 102 Å². The number of nitrogens with two attached hydrogens (primary N) is 1. The highest BCUT2D eigenvalue weighted by Gasteiger charge is 2.14. The van der Waals surface area contributed by atoms with Crippen LogP contribution < -0.4 is 11.2 Å². The van der Waals surface area contributed by atoms with Gasteiger partial charge in [-0.1, -0.05) is 23.2 Å². The van der Waals surface area contributed by atoms with Gasteiger partial charge in [-0.3, -0.25) is 4.79 Å². The molecule has 0 bridgehead atoms. The van der Waals surface area contributed by atoms with Gasteiger partial charge in [0, 0.05) is 11.6 Å². The van der Waals surface area contributed by atoms with Crippen LogP contribution in [0.15, 0.2) is 12.1 Å². The second-order valence-electron chi connectivity index (χ2n) is 2.91. The lowest BCUT2D eigenvalue weighted by molar-refractivity contribution is 0.0914. The Morgan fingerprint density at radius 2 is 2.19 bits per heavy atom. The average Bonchev–Trinajstić information content (AvgIpc) is 2.23. The molecule has 0 aliphatic heterocycles. The van der Waals surface area contributed by atoms with Gasteiger partial charge in [-0.25, -0.2) is 5.90 Å². The summed E-state index contributed by atoms with van der Waals surface area (Å²) < 4.78 is 0. The van der Waals surface area contributed by atoms with Crippen LogP contribution in [0.5, 0.6) is 5.75 Å². The zero-order valence-electron chi connectivity index (χ0n) is 8.17. The van der Waals surface area contributed by atoms with Gasteiger partial charge in [0.05, 0.1) is 17.2 Å². The summed E-state index contributed by atoms with van der Waals surface area (Å²) in [5.74, 6) is 3.98. The number of amides is 1. The Kier molecular flexibility index (Phi) is 4.82. The lowest BCUT2D eigenvalue weighted by Gasteiger charge is -2.07. The maximum Gasteiger partial charge on any atom is 0.255 e. The highest BCUT2D eigenvalue weighted by Crippen LogP contribution is 2.30. The van der Waals surface area contributed by atoms with E-state index in [4.69, 9.17) is 29.1 Å². The molecule has 0 aliphatic carbocycles. The van der Waals surface area contributed by atoms with Crippen LogP contribution in [0.1, 0.15) is 10.4 Å². The largest absolute Gasteiger partial charge is 0.506 e. The fraction of sp³-hybridized carbons (Fsp3) is 0.222. The molecule has 0 saturated heterocycles. The van der Waals surface area contributed by atoms with Gasteiger partial charge in [0.2, 0.25) is 0 Å². The first-order valence-electron chi connectivity index (χ1n) is 4.34. The molecule has 0 heterocycles. The van der Waals surface area contributed by atoms with Crippen molar-refractivity contribution in [2.45, 2.75) is 0 Å². The number of rotatable bonds is 4. The molecule has 88 valence electrons. The molecule has 0 atom stereocenters. The molecule has 1 aromatic carbocycles. The van der Waals surface area contributed by atoms with Crippen molar-refractivity contribution in [1.29, 1.82) is 0 Å². The number of phenolic OH excluding ortho intramolecular Hbond substituents is 1. The van der Waals surface area contributed by atoms with E-state index in [0.29, 0.717) is 0 Å². The minimum atomic E-state index is -0.501. The first-order chi connectivity index (χ1) is 7.56. The molecule has 5 nitrogen and oxygen atoms in total. The van der Waals surface area contributed by atoms with Crippen LogP contribution >= 0.6 is 23.2 Å². The average molecular weight is 265 g/mol. The van der Waals surface area contributed by atoms with E-state index in [0.717, 1.165) is 0 Å². The van der Waals surface area contributed by atoms with Crippen LogP contribution in [0.25, 0.3) is 0 Å². The third kappa shape index (κ3) is 3.24. The summed E-state index contributed by atoms with van der Waals surface area (Å²) in [5, 5.41) is 12.3. The minimum Gasteiger partial charge on any atom is -0.506 e. The van der Waals surface area contributed by atoms with Crippen molar-refractivity contribution >= 4 is 29.1 Å². The second kappa shape index (κ2) is 5.91. The first kappa shape index (κ1) is 13.1. The van der Waals surface area contributed by atoms with Crippen LogP contribution in [-0.2, 0) is 4.84 Å². The molecule has 0 saturated carbocycles. The topological polar surface area (TPSA) is 84.6 Å². The predicted octanol–water partition coefficient (Wildman–Crippen LogP) is 1.32. The molecule has 7 heteroatoms. The van der Waals surface area contributed by atoms with E-state index in [2.05, 4.69) is 10.2 Å². The Balaban J connectivity index is 2.82. The van der Waals surface area contributed by atoms with Crippen molar-refractivity contribution in [3.63, 3.8) is 0 Å². The van der Waals surface area contributed by atoms with E-state index < -0.39 is 5.91 Å². The van der Waals surface area contributed by atoms with Crippen molar-refractivity contribution < 1.29 is 14.7 Å². The van der Waals surface area contributed by atoms with Gasteiger partial charge in [-0.15, -0.1) is 0 Å². The monoisotopic (exact) mass is 264 g/mol. The van der Waals surface area contributed by atoms with Crippen LogP contribution in [0.4, 0.5) is 0 Å². The highest BCUT2D eigenvalue weighted by molar-refractivity contribution is 6.36. The normalized spacial score (nSPS) is 10.2. The number of phenols is 1. The third-order valence-corrected chi connectivity index (χ3v) is 2.28. The second-order valence-corrected chi connectivity index (χ2v) is 3.75. The number of nitrogens with one attached hydrogen (secondary N) is 1. The lowest BCUT2D eigenvalue weighted by Crippen LogP contribution is -2.28. The highest BCUT2D eigenvalue weighted by atomic mass is 35.5. The summed E-state index contributed by atoms with van der Waals surface area (Å²) in [7, 11) is 0. The first-order valence-corrected chi connectivity index (χ1v) is 5.09. The quantitative estimate of drug-likeness (QED) is 0.566. The van der Waals surface area contributed by atoms with Crippen molar-refractivity contribution in [3.05, 3.63) is 27.7 Å². The van der Waals surface area contributed by atoms with E-state index in [9.17, 15) is 9.90 Å². The van der Waals surface area contributed by atoms with E-state index >= 15 is 0 Å². The molecule has 1 amide bonds. The maximum atomic E-state index is 11.6. The number of carbonyl (C=O) groups is 1. The molecule has 16 heavy (non-hydrogen) atoms. The van der Waals surface area contributed by atoms with E-state index in [1.54, 1.807) is 0 Å². The molecule has 0 spiro atoms. The number of halogens is 2. The number of aromatic hydroxyl groups is 1. The van der Waals surface area contributed by atoms with Gasteiger partial charge in [0.15, 0.2) is 0 Å². The van der Waals surface area contributed by atoms with Crippen molar-refractivity contribution in [3.8, 4) is 5.75 Å². The molecule has 1 rings (SSSR count). The summed E-state index contributed by atoms with van der Waals surface area (Å²) in [6.07, 6.45) is 0. The Bertz CT molecular complexity index is 399. The zero-order valence-corrected chi connectivity index (χ0v) is 9.68. The van der Waals surface area contributed by atoms with Crippen LogP contribution in [0.2, 0.25) is 10.0 Å². The smallest absolute Gasteiger partial charge is 0.255 e. The molecule has 0 fully saturated rings.